The zero-order valence-corrected chi connectivity index (χ0v) is 17.3. The van der Waals surface area contributed by atoms with E-state index in [1.54, 1.807) is 24.3 Å². The molecule has 2 aromatic carbocycles. The molecule has 0 aliphatic carbocycles. The highest BCUT2D eigenvalue weighted by Crippen LogP contribution is 2.27. The molecule has 2 aliphatic heterocycles. The maximum atomic E-state index is 13.2. The fourth-order valence-electron chi connectivity index (χ4n) is 4.54. The second kappa shape index (κ2) is 8.96. The van der Waals surface area contributed by atoms with Crippen molar-refractivity contribution in [3.8, 4) is 5.75 Å². The highest BCUT2D eigenvalue weighted by molar-refractivity contribution is 6.21. The summed E-state index contributed by atoms with van der Waals surface area (Å²) in [6, 6.07) is 13.6. The van der Waals surface area contributed by atoms with E-state index in [2.05, 4.69) is 0 Å². The molecule has 0 aromatic heterocycles. The monoisotopic (exact) mass is 411 g/mol. The molecule has 0 bridgehead atoms. The Morgan fingerprint density at radius 1 is 1.03 bits per heavy atom. The number of anilines is 1. The Morgan fingerprint density at radius 3 is 2.33 bits per heavy atom. The minimum Gasteiger partial charge on any atom is -0.494 e. The van der Waals surface area contributed by atoms with Gasteiger partial charge < -0.3 is 9.64 Å². The highest BCUT2D eigenvalue weighted by Gasteiger charge is 2.46. The van der Waals surface area contributed by atoms with Gasteiger partial charge in [-0.1, -0.05) is 19.1 Å². The van der Waals surface area contributed by atoms with Crippen molar-refractivity contribution < 1.29 is 23.6 Å². The van der Waals surface area contributed by atoms with Gasteiger partial charge in [-0.3, -0.25) is 9.59 Å². The fourth-order valence-corrected chi connectivity index (χ4v) is 4.54. The number of likely N-dealkylation sites (tertiary alicyclic amines) is 1. The summed E-state index contributed by atoms with van der Waals surface area (Å²) in [5.41, 5.74) is 1.76. The van der Waals surface area contributed by atoms with Crippen molar-refractivity contribution in [2.24, 2.45) is 0 Å². The second-order valence-corrected chi connectivity index (χ2v) is 8.15. The molecule has 0 saturated carbocycles. The molecule has 4 rings (SSSR count). The van der Waals surface area contributed by atoms with Crippen molar-refractivity contribution >= 4 is 17.5 Å². The number of carbonyl (C=O) groups excluding carboxylic acids is 2. The Morgan fingerprint density at radius 2 is 1.70 bits per heavy atom. The van der Waals surface area contributed by atoms with E-state index in [0.29, 0.717) is 18.2 Å². The third-order valence-electron chi connectivity index (χ3n) is 6.18. The van der Waals surface area contributed by atoms with Crippen LogP contribution in [0.2, 0.25) is 0 Å². The molecule has 2 aromatic rings. The lowest BCUT2D eigenvalue weighted by Gasteiger charge is -2.32. The molecule has 1 atom stereocenters. The number of amides is 2. The van der Waals surface area contributed by atoms with Crippen LogP contribution in [0.3, 0.4) is 0 Å². The first-order valence-electron chi connectivity index (χ1n) is 10.8. The van der Waals surface area contributed by atoms with E-state index in [9.17, 15) is 14.0 Å². The average molecular weight is 411 g/mol. The van der Waals surface area contributed by atoms with E-state index >= 15 is 0 Å². The van der Waals surface area contributed by atoms with Gasteiger partial charge in [-0.05, 0) is 54.3 Å². The number of hydrogen-bond acceptors (Lipinski definition) is 3. The molecular formula is C24H28FN2O3+. The maximum Gasteiger partial charge on any atom is 0.292 e. The average Bonchev–Trinajstić information content (AvgIpc) is 3.07. The van der Waals surface area contributed by atoms with Crippen molar-refractivity contribution in [2.75, 3.05) is 24.6 Å². The predicted molar refractivity (Wildman–Crippen MR) is 112 cm³/mol. The third-order valence-corrected chi connectivity index (χ3v) is 6.18. The van der Waals surface area contributed by atoms with Gasteiger partial charge in [-0.2, -0.15) is 0 Å². The number of ether oxygens (including phenoxy) is 1. The topological polar surface area (TPSA) is 51.0 Å². The number of carbonyl (C=O) groups is 2. The zero-order chi connectivity index (χ0) is 21.1. The van der Waals surface area contributed by atoms with Gasteiger partial charge >= 0.3 is 0 Å². The van der Waals surface area contributed by atoms with Gasteiger partial charge in [0, 0.05) is 12.8 Å². The quantitative estimate of drug-likeness (QED) is 0.744. The minimum atomic E-state index is -0.317. The van der Waals surface area contributed by atoms with Crippen molar-refractivity contribution in [1.82, 2.24) is 0 Å². The number of nitrogens with zero attached hydrogens (tertiary/aromatic N) is 1. The van der Waals surface area contributed by atoms with Crippen LogP contribution < -0.4 is 14.5 Å². The Kier molecular flexibility index (Phi) is 6.13. The van der Waals surface area contributed by atoms with Crippen LogP contribution in [-0.4, -0.2) is 37.6 Å². The summed E-state index contributed by atoms with van der Waals surface area (Å²) in [7, 11) is 0. The first kappa shape index (κ1) is 20.5. The standard InChI is InChI=1S/C24H27FN2O3/c1-2-15-30-21-9-7-20(8-10-21)27-23(28)16-22(24(27)29)26-13-11-18(12-14-26)17-3-5-19(25)6-4-17/h3-10,18,22H,2,11-16H2,1H3/p+1/t22-/m0/s1. The SMILES string of the molecule is CCCOc1ccc(N2C(=O)C[C@H]([NH+]3CCC(c4ccc(F)cc4)CC3)C2=O)cc1. The molecule has 0 unspecified atom stereocenters. The number of nitrogens with one attached hydrogen (secondary N) is 1. The van der Waals surface area contributed by atoms with Gasteiger partial charge in [0.15, 0.2) is 6.04 Å². The Bertz CT molecular complexity index is 890. The van der Waals surface area contributed by atoms with E-state index < -0.39 is 0 Å². The Labute approximate surface area is 176 Å². The first-order chi connectivity index (χ1) is 14.6. The van der Waals surface area contributed by atoms with E-state index in [-0.39, 0.29) is 30.1 Å². The van der Waals surface area contributed by atoms with E-state index in [1.807, 2.05) is 19.1 Å². The van der Waals surface area contributed by atoms with Crippen LogP contribution in [0.25, 0.3) is 0 Å². The molecule has 30 heavy (non-hydrogen) atoms. The smallest absolute Gasteiger partial charge is 0.292 e. The molecule has 6 heteroatoms. The second-order valence-electron chi connectivity index (χ2n) is 8.15. The van der Waals surface area contributed by atoms with Gasteiger partial charge in [-0.15, -0.1) is 0 Å². The van der Waals surface area contributed by atoms with Crippen LogP contribution in [0.5, 0.6) is 5.75 Å². The molecule has 2 heterocycles. The van der Waals surface area contributed by atoms with Crippen molar-refractivity contribution in [2.45, 2.75) is 44.6 Å². The number of benzene rings is 2. The van der Waals surface area contributed by atoms with Crippen LogP contribution in [0, 0.1) is 5.82 Å². The van der Waals surface area contributed by atoms with E-state index in [4.69, 9.17) is 4.74 Å². The lowest BCUT2D eigenvalue weighted by molar-refractivity contribution is -0.920. The number of imide groups is 1. The summed E-state index contributed by atoms with van der Waals surface area (Å²) in [6.07, 6.45) is 3.04. The van der Waals surface area contributed by atoms with Crippen molar-refractivity contribution in [1.29, 1.82) is 0 Å². The van der Waals surface area contributed by atoms with Gasteiger partial charge in [0.2, 0.25) is 5.91 Å². The largest absolute Gasteiger partial charge is 0.494 e. The molecule has 5 nitrogen and oxygen atoms in total. The highest BCUT2D eigenvalue weighted by atomic mass is 19.1. The molecule has 2 amide bonds. The normalized spacial score (nSPS) is 24.3. The van der Waals surface area contributed by atoms with Crippen molar-refractivity contribution in [3.05, 3.63) is 59.9 Å². The summed E-state index contributed by atoms with van der Waals surface area (Å²) in [5.74, 6) is 0.651. The van der Waals surface area contributed by atoms with Gasteiger partial charge in [0.25, 0.3) is 5.91 Å². The number of halogens is 1. The van der Waals surface area contributed by atoms with Crippen molar-refractivity contribution in [3.63, 3.8) is 0 Å². The number of quaternary nitrogens is 1. The number of rotatable bonds is 6. The molecule has 0 radical (unpaired) electrons. The van der Waals surface area contributed by atoms with Crippen LogP contribution in [0.15, 0.2) is 48.5 Å². The molecule has 0 spiro atoms. The molecule has 2 fully saturated rings. The van der Waals surface area contributed by atoms with Crippen LogP contribution >= 0.6 is 0 Å². The minimum absolute atomic E-state index is 0.113. The first-order valence-corrected chi connectivity index (χ1v) is 10.8. The van der Waals surface area contributed by atoms with Gasteiger partial charge in [-0.25, -0.2) is 9.29 Å². The number of piperidine rings is 1. The predicted octanol–water partition coefficient (Wildman–Crippen LogP) is 2.71. The summed E-state index contributed by atoms with van der Waals surface area (Å²) in [4.78, 5) is 28.2. The van der Waals surface area contributed by atoms with E-state index in [1.165, 1.54) is 21.9 Å². The lowest BCUT2D eigenvalue weighted by Crippen LogP contribution is -3.17. The summed E-state index contributed by atoms with van der Waals surface area (Å²) < 4.78 is 18.8. The molecule has 158 valence electrons. The fraction of sp³-hybridized carbons (Fsp3) is 0.417. The van der Waals surface area contributed by atoms with Crippen LogP contribution in [0.4, 0.5) is 10.1 Å². The summed E-state index contributed by atoms with van der Waals surface area (Å²) in [6.45, 7) is 4.35. The summed E-state index contributed by atoms with van der Waals surface area (Å²) >= 11 is 0. The molecular weight excluding hydrogens is 383 g/mol. The molecule has 2 aliphatic rings. The maximum absolute atomic E-state index is 13.2. The summed E-state index contributed by atoms with van der Waals surface area (Å²) in [5, 5.41) is 0. The van der Waals surface area contributed by atoms with Crippen LogP contribution in [-0.2, 0) is 9.59 Å². The zero-order valence-electron chi connectivity index (χ0n) is 17.3. The molecule has 2 saturated heterocycles. The van der Waals surface area contributed by atoms with E-state index in [0.717, 1.165) is 43.7 Å². The van der Waals surface area contributed by atoms with Gasteiger partial charge in [0.05, 0.1) is 31.8 Å². The Balaban J connectivity index is 1.39. The Hall–Kier alpha value is -2.73. The third kappa shape index (κ3) is 4.24. The van der Waals surface area contributed by atoms with Gasteiger partial charge in [0.1, 0.15) is 11.6 Å². The number of hydrogen-bond donors (Lipinski definition) is 1. The molecule has 1 N–H and O–H groups in total. The van der Waals surface area contributed by atoms with Crippen LogP contribution in [0.1, 0.15) is 44.1 Å². The lowest BCUT2D eigenvalue weighted by atomic mass is 9.89.